The van der Waals surface area contributed by atoms with Crippen LogP contribution in [-0.2, 0) is 15.2 Å². The molecule has 0 fully saturated rings. The van der Waals surface area contributed by atoms with Gasteiger partial charge in [-0.15, -0.1) is 0 Å². The average Bonchev–Trinajstić information content (AvgIpc) is 2.18. The van der Waals surface area contributed by atoms with Crippen LogP contribution in [0, 0.1) is 0 Å². The molecule has 0 unspecified atom stereocenters. The van der Waals surface area contributed by atoms with Crippen LogP contribution in [0.1, 0.15) is 18.9 Å². The van der Waals surface area contributed by atoms with E-state index < -0.39 is 9.84 Å². The van der Waals surface area contributed by atoms with Crippen LogP contribution in [0.3, 0.4) is 0 Å². The standard InChI is InChI=1S/C10H13BrO2S/c1-2-7-14(12,13)10-5-3-9(8-11)4-6-10/h3-6H,2,7-8H2,1H3. The Kier molecular flexibility index (Phi) is 4.13. The highest BCUT2D eigenvalue weighted by Crippen LogP contribution is 2.14. The SMILES string of the molecule is CCCS(=O)(=O)c1ccc(CBr)cc1. The summed E-state index contributed by atoms with van der Waals surface area (Å²) in [5.41, 5.74) is 1.08. The smallest absolute Gasteiger partial charge is 0.178 e. The number of rotatable bonds is 4. The predicted octanol–water partition coefficient (Wildman–Crippen LogP) is 2.77. The fourth-order valence-corrected chi connectivity index (χ4v) is 2.87. The zero-order valence-electron chi connectivity index (χ0n) is 8.03. The third-order valence-corrected chi connectivity index (χ3v) is 4.49. The quantitative estimate of drug-likeness (QED) is 0.793. The van der Waals surface area contributed by atoms with Crippen molar-refractivity contribution in [1.29, 1.82) is 0 Å². The van der Waals surface area contributed by atoms with E-state index in [4.69, 9.17) is 0 Å². The van der Waals surface area contributed by atoms with Gasteiger partial charge in [0.2, 0.25) is 0 Å². The number of halogens is 1. The van der Waals surface area contributed by atoms with Crippen molar-refractivity contribution in [3.05, 3.63) is 29.8 Å². The van der Waals surface area contributed by atoms with Crippen LogP contribution < -0.4 is 0 Å². The molecule has 78 valence electrons. The summed E-state index contributed by atoms with van der Waals surface area (Å²) in [6.07, 6.45) is 0.655. The third-order valence-electron chi connectivity index (χ3n) is 1.91. The molecule has 0 atom stereocenters. The monoisotopic (exact) mass is 276 g/mol. The van der Waals surface area contributed by atoms with Crippen molar-refractivity contribution in [1.82, 2.24) is 0 Å². The van der Waals surface area contributed by atoms with Crippen molar-refractivity contribution in [2.45, 2.75) is 23.6 Å². The average molecular weight is 277 g/mol. The Bertz CT molecular complexity index is 381. The topological polar surface area (TPSA) is 34.1 Å². The number of benzene rings is 1. The minimum absolute atomic E-state index is 0.223. The molecular weight excluding hydrogens is 264 g/mol. The zero-order chi connectivity index (χ0) is 10.6. The number of hydrogen-bond donors (Lipinski definition) is 0. The van der Waals surface area contributed by atoms with Gasteiger partial charge in [-0.3, -0.25) is 0 Å². The molecule has 2 nitrogen and oxygen atoms in total. The van der Waals surface area contributed by atoms with Crippen molar-refractivity contribution in [3.8, 4) is 0 Å². The molecule has 0 aromatic heterocycles. The predicted molar refractivity (Wildman–Crippen MR) is 61.4 cm³/mol. The molecule has 0 heterocycles. The van der Waals surface area contributed by atoms with E-state index in [1.807, 2.05) is 19.1 Å². The van der Waals surface area contributed by atoms with Gasteiger partial charge in [-0.1, -0.05) is 35.0 Å². The Labute approximate surface area is 93.4 Å². The summed E-state index contributed by atoms with van der Waals surface area (Å²) in [5, 5.41) is 0.751. The van der Waals surface area contributed by atoms with E-state index >= 15 is 0 Å². The molecular formula is C10H13BrO2S. The summed E-state index contributed by atoms with van der Waals surface area (Å²) in [5.74, 6) is 0.223. The van der Waals surface area contributed by atoms with Gasteiger partial charge in [-0.25, -0.2) is 8.42 Å². The summed E-state index contributed by atoms with van der Waals surface area (Å²) in [4.78, 5) is 0.420. The molecule has 0 saturated carbocycles. The number of sulfone groups is 1. The van der Waals surface area contributed by atoms with Crippen LogP contribution in [0.15, 0.2) is 29.2 Å². The minimum Gasteiger partial charge on any atom is -0.224 e. The van der Waals surface area contributed by atoms with Crippen molar-refractivity contribution in [2.75, 3.05) is 5.75 Å². The molecule has 1 aromatic rings. The minimum atomic E-state index is -3.05. The van der Waals surface area contributed by atoms with Crippen LogP contribution in [0.2, 0.25) is 0 Å². The first-order valence-electron chi connectivity index (χ1n) is 4.48. The molecule has 1 rings (SSSR count). The van der Waals surface area contributed by atoms with Gasteiger partial charge in [0.05, 0.1) is 10.6 Å². The molecule has 0 N–H and O–H groups in total. The van der Waals surface area contributed by atoms with Crippen molar-refractivity contribution < 1.29 is 8.42 Å². The Morgan fingerprint density at radius 1 is 1.21 bits per heavy atom. The van der Waals surface area contributed by atoms with E-state index in [0.717, 1.165) is 10.9 Å². The molecule has 0 aliphatic heterocycles. The highest BCUT2D eigenvalue weighted by Gasteiger charge is 2.11. The van der Waals surface area contributed by atoms with Crippen LogP contribution in [-0.4, -0.2) is 14.2 Å². The van der Waals surface area contributed by atoms with Crippen molar-refractivity contribution >= 4 is 25.8 Å². The van der Waals surface area contributed by atoms with Crippen LogP contribution in [0.5, 0.6) is 0 Å². The molecule has 1 aromatic carbocycles. The summed E-state index contributed by atoms with van der Waals surface area (Å²) < 4.78 is 23.2. The Morgan fingerprint density at radius 2 is 1.79 bits per heavy atom. The Morgan fingerprint density at radius 3 is 2.21 bits per heavy atom. The summed E-state index contributed by atoms with van der Waals surface area (Å²) in [6.45, 7) is 1.87. The summed E-state index contributed by atoms with van der Waals surface area (Å²) in [7, 11) is -3.05. The van der Waals surface area contributed by atoms with Gasteiger partial charge in [0.1, 0.15) is 0 Å². The molecule has 0 aliphatic carbocycles. The molecule has 4 heteroatoms. The first kappa shape index (κ1) is 11.7. The number of alkyl halides is 1. The van der Waals surface area contributed by atoms with Crippen LogP contribution >= 0.6 is 15.9 Å². The second-order valence-electron chi connectivity index (χ2n) is 3.10. The van der Waals surface area contributed by atoms with E-state index in [0.29, 0.717) is 11.3 Å². The van der Waals surface area contributed by atoms with Gasteiger partial charge >= 0.3 is 0 Å². The number of hydrogen-bond acceptors (Lipinski definition) is 2. The molecule has 0 bridgehead atoms. The molecule has 0 radical (unpaired) electrons. The highest BCUT2D eigenvalue weighted by molar-refractivity contribution is 9.08. The largest absolute Gasteiger partial charge is 0.224 e. The lowest BCUT2D eigenvalue weighted by Gasteiger charge is -2.03. The lowest BCUT2D eigenvalue weighted by molar-refractivity contribution is 0.594. The second kappa shape index (κ2) is 4.94. The van der Waals surface area contributed by atoms with Gasteiger partial charge in [0.15, 0.2) is 9.84 Å². The summed E-state index contributed by atoms with van der Waals surface area (Å²) in [6, 6.07) is 7.00. The van der Waals surface area contributed by atoms with Crippen LogP contribution in [0.4, 0.5) is 0 Å². The first-order chi connectivity index (χ1) is 6.60. The van der Waals surface area contributed by atoms with E-state index in [9.17, 15) is 8.42 Å². The molecule has 0 aliphatic rings. The van der Waals surface area contributed by atoms with E-state index in [-0.39, 0.29) is 5.75 Å². The van der Waals surface area contributed by atoms with Gasteiger partial charge in [-0.05, 0) is 24.1 Å². The van der Waals surface area contributed by atoms with E-state index in [1.54, 1.807) is 12.1 Å². The maximum Gasteiger partial charge on any atom is 0.178 e. The first-order valence-corrected chi connectivity index (χ1v) is 7.25. The third kappa shape index (κ3) is 2.82. The van der Waals surface area contributed by atoms with Crippen molar-refractivity contribution in [3.63, 3.8) is 0 Å². The maximum atomic E-state index is 11.6. The maximum absolute atomic E-state index is 11.6. The second-order valence-corrected chi connectivity index (χ2v) is 5.77. The lowest BCUT2D eigenvalue weighted by Crippen LogP contribution is -2.05. The van der Waals surface area contributed by atoms with Crippen LogP contribution in [0.25, 0.3) is 0 Å². The van der Waals surface area contributed by atoms with E-state index in [1.165, 1.54) is 0 Å². The fourth-order valence-electron chi connectivity index (χ4n) is 1.17. The zero-order valence-corrected chi connectivity index (χ0v) is 10.4. The van der Waals surface area contributed by atoms with Crippen molar-refractivity contribution in [2.24, 2.45) is 0 Å². The molecule has 0 amide bonds. The highest BCUT2D eigenvalue weighted by atomic mass is 79.9. The van der Waals surface area contributed by atoms with Gasteiger partial charge in [0, 0.05) is 5.33 Å². The Hall–Kier alpha value is -0.350. The Balaban J connectivity index is 2.97. The normalized spacial score (nSPS) is 11.6. The molecule has 0 spiro atoms. The van der Waals surface area contributed by atoms with Gasteiger partial charge < -0.3 is 0 Å². The van der Waals surface area contributed by atoms with Gasteiger partial charge in [-0.2, -0.15) is 0 Å². The summed E-state index contributed by atoms with van der Waals surface area (Å²) >= 11 is 3.31. The van der Waals surface area contributed by atoms with E-state index in [2.05, 4.69) is 15.9 Å². The van der Waals surface area contributed by atoms with Gasteiger partial charge in [0.25, 0.3) is 0 Å². The molecule has 14 heavy (non-hydrogen) atoms. The lowest BCUT2D eigenvalue weighted by atomic mass is 10.2. The molecule has 0 saturated heterocycles. The fraction of sp³-hybridized carbons (Fsp3) is 0.400.